The van der Waals surface area contributed by atoms with Crippen LogP contribution in [-0.2, 0) is 25.7 Å². The van der Waals surface area contributed by atoms with Gasteiger partial charge in [0, 0.05) is 23.8 Å². The maximum atomic E-state index is 13.0. The van der Waals surface area contributed by atoms with Crippen LogP contribution in [0.3, 0.4) is 0 Å². The van der Waals surface area contributed by atoms with Gasteiger partial charge in [0.25, 0.3) is 5.91 Å². The third-order valence-corrected chi connectivity index (χ3v) is 8.33. The molecule has 4 rings (SSSR count). The molecule has 2 aromatic rings. The van der Waals surface area contributed by atoms with Crippen LogP contribution in [-0.4, -0.2) is 24.5 Å². The van der Waals surface area contributed by atoms with Crippen molar-refractivity contribution in [3.05, 3.63) is 64.2 Å². The summed E-state index contributed by atoms with van der Waals surface area (Å²) in [7, 11) is 0. The van der Waals surface area contributed by atoms with E-state index in [0.717, 1.165) is 49.8 Å². The Balaban J connectivity index is 1.35. The number of anilines is 1. The summed E-state index contributed by atoms with van der Waals surface area (Å²) >= 11 is 0. The van der Waals surface area contributed by atoms with Crippen LogP contribution in [0.4, 0.5) is 10.5 Å². The second-order valence-corrected chi connectivity index (χ2v) is 11.5. The minimum atomic E-state index is -0.0965. The Kier molecular flexibility index (Phi) is 10.7. The summed E-state index contributed by atoms with van der Waals surface area (Å²) in [5.74, 6) is 0.527. The highest BCUT2D eigenvalue weighted by molar-refractivity contribution is 5.94. The van der Waals surface area contributed by atoms with E-state index in [2.05, 4.69) is 53.2 Å². The van der Waals surface area contributed by atoms with E-state index in [4.69, 9.17) is 0 Å². The van der Waals surface area contributed by atoms with Crippen molar-refractivity contribution in [2.75, 3.05) is 11.9 Å². The van der Waals surface area contributed by atoms with Crippen LogP contribution in [0.1, 0.15) is 111 Å². The highest BCUT2D eigenvalue weighted by atomic mass is 16.2. The van der Waals surface area contributed by atoms with Crippen molar-refractivity contribution in [3.63, 3.8) is 0 Å². The van der Waals surface area contributed by atoms with Crippen molar-refractivity contribution < 1.29 is 9.59 Å². The Hall–Kier alpha value is -2.82. The molecule has 0 saturated heterocycles. The lowest BCUT2D eigenvalue weighted by atomic mass is 9.83. The molecule has 3 amide bonds. The van der Waals surface area contributed by atoms with Crippen LogP contribution in [0.5, 0.6) is 0 Å². The molecular weight excluding hydrogens is 470 g/mol. The van der Waals surface area contributed by atoms with Gasteiger partial charge in [-0.05, 0) is 112 Å². The molecule has 0 saturated carbocycles. The van der Waals surface area contributed by atoms with Gasteiger partial charge in [0.1, 0.15) is 0 Å². The Labute approximate surface area is 229 Å². The normalized spacial score (nSPS) is 19.1. The monoisotopic (exact) mass is 517 g/mol. The van der Waals surface area contributed by atoms with Crippen molar-refractivity contribution in [3.8, 4) is 0 Å². The van der Waals surface area contributed by atoms with Crippen LogP contribution in [0.15, 0.2) is 36.4 Å². The zero-order chi connectivity index (χ0) is 26.7. The maximum Gasteiger partial charge on any atom is 0.319 e. The van der Waals surface area contributed by atoms with Gasteiger partial charge in [-0.1, -0.05) is 56.7 Å². The summed E-state index contributed by atoms with van der Waals surface area (Å²) < 4.78 is 0. The zero-order valence-electron chi connectivity index (χ0n) is 23.5. The van der Waals surface area contributed by atoms with Gasteiger partial charge in [-0.2, -0.15) is 0 Å². The lowest BCUT2D eigenvalue weighted by molar-refractivity contribution is 0.0955. The minimum absolute atomic E-state index is 0.00894. The van der Waals surface area contributed by atoms with E-state index >= 15 is 0 Å². The number of nitrogens with one attached hydrogen (secondary N) is 3. The van der Waals surface area contributed by atoms with Gasteiger partial charge in [-0.3, -0.25) is 4.79 Å². The summed E-state index contributed by atoms with van der Waals surface area (Å²) in [4.78, 5) is 25.4. The number of hydrogen-bond donors (Lipinski definition) is 3. The van der Waals surface area contributed by atoms with Crippen molar-refractivity contribution in [2.45, 2.75) is 110 Å². The Morgan fingerprint density at radius 2 is 1.61 bits per heavy atom. The molecule has 2 unspecified atom stereocenters. The van der Waals surface area contributed by atoms with E-state index < -0.39 is 0 Å². The van der Waals surface area contributed by atoms with Gasteiger partial charge in [-0.25, -0.2) is 4.79 Å². The maximum absolute atomic E-state index is 13.0. The molecule has 0 aromatic heterocycles. The first-order valence-electron chi connectivity index (χ1n) is 15.1. The number of urea groups is 1. The lowest BCUT2D eigenvalue weighted by Crippen LogP contribution is -2.37. The van der Waals surface area contributed by atoms with Crippen molar-refractivity contribution in [1.29, 1.82) is 0 Å². The van der Waals surface area contributed by atoms with Crippen molar-refractivity contribution >= 4 is 17.6 Å². The van der Waals surface area contributed by atoms with Gasteiger partial charge in [-0.15, -0.1) is 0 Å². The number of carbonyl (C=O) groups excluding carboxylic acids is 2. The standard InChI is InChI=1S/C33H47N3O2/c1-3-34-32(37)29-20-19-28-22-25(13-10-11-15-27(28)23-29)21-24(2)35-33(38)36-31-18-12-16-26-14-8-6-4-5-7-9-17-30(26)31/h12,16,18-20,23-25H,3-11,13-15,17,21-22H2,1-2H3,(H,34,37)(H2,35,36,38). The molecule has 5 heteroatoms. The number of rotatable bonds is 6. The summed E-state index contributed by atoms with van der Waals surface area (Å²) in [6, 6.07) is 12.6. The second kappa shape index (κ2) is 14.4. The van der Waals surface area contributed by atoms with Crippen LogP contribution < -0.4 is 16.0 Å². The number of hydrogen-bond acceptors (Lipinski definition) is 2. The van der Waals surface area contributed by atoms with Crippen molar-refractivity contribution in [2.24, 2.45) is 5.92 Å². The lowest BCUT2D eigenvalue weighted by Gasteiger charge is -2.26. The molecule has 0 fully saturated rings. The molecule has 5 nitrogen and oxygen atoms in total. The quantitative estimate of drug-likeness (QED) is 0.375. The molecule has 0 heterocycles. The number of carbonyl (C=O) groups is 2. The number of aryl methyl sites for hydroxylation is 2. The van der Waals surface area contributed by atoms with E-state index in [1.165, 1.54) is 73.6 Å². The first-order valence-corrected chi connectivity index (χ1v) is 15.1. The molecule has 206 valence electrons. The minimum Gasteiger partial charge on any atom is -0.352 e. The van der Waals surface area contributed by atoms with E-state index in [9.17, 15) is 9.59 Å². The predicted octanol–water partition coefficient (Wildman–Crippen LogP) is 7.36. The molecule has 0 bridgehead atoms. The summed E-state index contributed by atoms with van der Waals surface area (Å²) in [5, 5.41) is 9.34. The molecular formula is C33H47N3O2. The fraction of sp³-hybridized carbons (Fsp3) is 0.576. The van der Waals surface area contributed by atoms with E-state index in [1.54, 1.807) is 0 Å². The Morgan fingerprint density at radius 1 is 0.868 bits per heavy atom. The smallest absolute Gasteiger partial charge is 0.319 e. The number of fused-ring (bicyclic) bond motifs is 2. The zero-order valence-corrected chi connectivity index (χ0v) is 23.5. The Bertz CT molecular complexity index is 1080. The average molecular weight is 518 g/mol. The van der Waals surface area contributed by atoms with E-state index in [-0.39, 0.29) is 18.0 Å². The average Bonchev–Trinajstić information content (AvgIpc) is 2.88. The predicted molar refractivity (Wildman–Crippen MR) is 157 cm³/mol. The molecule has 2 atom stereocenters. The van der Waals surface area contributed by atoms with Gasteiger partial charge in [0.05, 0.1) is 0 Å². The third kappa shape index (κ3) is 8.09. The second-order valence-electron chi connectivity index (χ2n) is 11.5. The first kappa shape index (κ1) is 28.2. The fourth-order valence-electron chi connectivity index (χ4n) is 6.37. The van der Waals surface area contributed by atoms with Crippen LogP contribution in [0.2, 0.25) is 0 Å². The van der Waals surface area contributed by atoms with Gasteiger partial charge in [0.2, 0.25) is 0 Å². The molecule has 2 aliphatic carbocycles. The van der Waals surface area contributed by atoms with Crippen LogP contribution in [0.25, 0.3) is 0 Å². The third-order valence-electron chi connectivity index (χ3n) is 8.33. The largest absolute Gasteiger partial charge is 0.352 e. The molecule has 0 radical (unpaired) electrons. The topological polar surface area (TPSA) is 70.2 Å². The first-order chi connectivity index (χ1) is 18.5. The number of benzene rings is 2. The summed E-state index contributed by atoms with van der Waals surface area (Å²) in [5.41, 5.74) is 7.14. The van der Waals surface area contributed by atoms with Crippen LogP contribution in [0, 0.1) is 5.92 Å². The van der Waals surface area contributed by atoms with Gasteiger partial charge in [0.15, 0.2) is 0 Å². The molecule has 0 aliphatic heterocycles. The molecule has 3 N–H and O–H groups in total. The van der Waals surface area contributed by atoms with E-state index in [0.29, 0.717) is 12.5 Å². The van der Waals surface area contributed by atoms with Crippen LogP contribution >= 0.6 is 0 Å². The van der Waals surface area contributed by atoms with E-state index in [1.807, 2.05) is 13.0 Å². The Morgan fingerprint density at radius 3 is 2.42 bits per heavy atom. The van der Waals surface area contributed by atoms with Gasteiger partial charge >= 0.3 is 6.03 Å². The van der Waals surface area contributed by atoms with Gasteiger partial charge < -0.3 is 16.0 Å². The highest BCUT2D eigenvalue weighted by Gasteiger charge is 2.21. The van der Waals surface area contributed by atoms with Crippen molar-refractivity contribution in [1.82, 2.24) is 10.6 Å². The summed E-state index contributed by atoms with van der Waals surface area (Å²) in [6.45, 7) is 4.72. The molecule has 2 aliphatic rings. The highest BCUT2D eigenvalue weighted by Crippen LogP contribution is 2.29. The molecule has 2 aromatic carbocycles. The number of amides is 3. The fourth-order valence-corrected chi connectivity index (χ4v) is 6.37. The summed E-state index contributed by atoms with van der Waals surface area (Å²) in [6.07, 6.45) is 16.3. The molecule has 38 heavy (non-hydrogen) atoms. The molecule has 0 spiro atoms. The SMILES string of the molecule is CCNC(=O)c1ccc2c(c1)CCCCC(CC(C)NC(=O)Nc1cccc3c1CCCCCCCC3)C2.